The van der Waals surface area contributed by atoms with Crippen LogP contribution >= 0.6 is 7.14 Å². The van der Waals surface area contributed by atoms with Crippen molar-refractivity contribution in [3.8, 4) is 0 Å². The quantitative estimate of drug-likeness (QED) is 0.252. The molecule has 27 heavy (non-hydrogen) atoms. The van der Waals surface area contributed by atoms with Gasteiger partial charge in [-0.1, -0.05) is 93.0 Å². The number of rotatable bonds is 8. The van der Waals surface area contributed by atoms with Crippen LogP contribution in [0.25, 0.3) is 0 Å². The van der Waals surface area contributed by atoms with Crippen LogP contribution in [-0.2, 0) is 9.36 Å². The van der Waals surface area contributed by atoms with Gasteiger partial charge in [-0.05, 0) is 32.6 Å². The Bertz CT molecular complexity index is 776. The van der Waals surface area contributed by atoms with Crippen LogP contribution in [0.15, 0.2) is 71.6 Å². The fourth-order valence-corrected chi connectivity index (χ4v) is 7.03. The third-order valence-corrected chi connectivity index (χ3v) is 8.73. The maximum atomic E-state index is 14.3. The molecule has 3 heteroatoms. The number of allylic oxidation sites excluding steroid dienone is 11. The third-order valence-electron chi connectivity index (χ3n) is 5.48. The fraction of sp³-hybridized carbons (Fsp3) is 0.458. The smallest absolute Gasteiger partial charge is 0.204 e. The summed E-state index contributed by atoms with van der Waals surface area (Å²) >= 11 is 0. The Hall–Kier alpha value is -1.66. The van der Waals surface area contributed by atoms with E-state index in [0.29, 0.717) is 11.7 Å². The predicted octanol–water partition coefficient (Wildman–Crippen LogP) is 7.18. The standard InChI is InChI=1S/C24H33O2P/c1-6-7-8-10-13-21(5)27(26,22-14-11-9-12-15-22)24(25)23-19(3)16-18(2)17-20(23)4/h9-14,16-17,19,22-23H,5-8,15H2,1-4H3/b13-10-. The first kappa shape index (κ1) is 21.6. The molecule has 146 valence electrons. The van der Waals surface area contributed by atoms with E-state index < -0.39 is 7.14 Å². The lowest BCUT2D eigenvalue weighted by molar-refractivity contribution is -0.115. The Balaban J connectivity index is 2.39. The fourth-order valence-electron chi connectivity index (χ4n) is 4.06. The Morgan fingerprint density at radius 3 is 2.67 bits per heavy atom. The largest absolute Gasteiger partial charge is 0.310 e. The number of carbonyl (C=O) groups excluding carboxylic acids is 1. The van der Waals surface area contributed by atoms with E-state index in [0.717, 1.165) is 30.4 Å². The van der Waals surface area contributed by atoms with Gasteiger partial charge in [0.15, 0.2) is 7.14 Å². The minimum atomic E-state index is -3.32. The van der Waals surface area contributed by atoms with Gasteiger partial charge in [-0.15, -0.1) is 0 Å². The highest BCUT2D eigenvalue weighted by Gasteiger charge is 2.45. The Kier molecular flexibility index (Phi) is 7.62. The average Bonchev–Trinajstić information content (AvgIpc) is 2.64. The lowest BCUT2D eigenvalue weighted by Gasteiger charge is -2.33. The maximum absolute atomic E-state index is 14.3. The molecule has 4 atom stereocenters. The molecule has 0 aromatic carbocycles. The van der Waals surface area contributed by atoms with Crippen molar-refractivity contribution in [2.24, 2.45) is 11.8 Å². The molecule has 0 fully saturated rings. The van der Waals surface area contributed by atoms with Gasteiger partial charge in [-0.2, -0.15) is 0 Å². The summed E-state index contributed by atoms with van der Waals surface area (Å²) in [5.74, 6) is -0.282. The molecule has 0 bridgehead atoms. The normalized spacial score (nSPS) is 27.2. The van der Waals surface area contributed by atoms with Crippen molar-refractivity contribution < 1.29 is 9.36 Å². The van der Waals surface area contributed by atoms with Crippen molar-refractivity contribution in [3.05, 3.63) is 71.6 Å². The van der Waals surface area contributed by atoms with Crippen LogP contribution in [-0.4, -0.2) is 11.2 Å². The molecule has 0 N–H and O–H groups in total. The van der Waals surface area contributed by atoms with Gasteiger partial charge < -0.3 is 4.57 Å². The highest BCUT2D eigenvalue weighted by atomic mass is 31.2. The van der Waals surface area contributed by atoms with Gasteiger partial charge in [0.05, 0.1) is 5.92 Å². The van der Waals surface area contributed by atoms with Crippen molar-refractivity contribution in [1.82, 2.24) is 0 Å². The molecule has 2 aliphatic rings. The SMILES string of the molecule is C=C(/C=C\CCCC)P(=O)(C(=O)C1C(C)=CC(C)=CC1C)C1C=CC=CC1. The summed E-state index contributed by atoms with van der Waals surface area (Å²) in [5, 5.41) is 0.500. The summed E-state index contributed by atoms with van der Waals surface area (Å²) in [6.07, 6.45) is 19.5. The number of carbonyl (C=O) groups is 1. The van der Waals surface area contributed by atoms with Crippen molar-refractivity contribution in [2.75, 3.05) is 0 Å². The molecule has 0 saturated carbocycles. The Morgan fingerprint density at radius 1 is 1.33 bits per heavy atom. The van der Waals surface area contributed by atoms with E-state index in [1.807, 2.05) is 63.3 Å². The average molecular weight is 385 g/mol. The summed E-state index contributed by atoms with van der Waals surface area (Å²) in [6, 6.07) is 0. The molecule has 0 aromatic heterocycles. The second kappa shape index (κ2) is 9.51. The van der Waals surface area contributed by atoms with E-state index in [2.05, 4.69) is 19.6 Å². The maximum Gasteiger partial charge on any atom is 0.204 e. The zero-order chi connectivity index (χ0) is 20.0. The van der Waals surface area contributed by atoms with Crippen LogP contribution in [0.3, 0.4) is 0 Å². The zero-order valence-corrected chi connectivity index (χ0v) is 18.0. The van der Waals surface area contributed by atoms with Crippen molar-refractivity contribution >= 4 is 12.7 Å². The van der Waals surface area contributed by atoms with Crippen LogP contribution in [0.1, 0.15) is 53.4 Å². The van der Waals surface area contributed by atoms with Crippen LogP contribution in [0, 0.1) is 11.8 Å². The molecule has 0 amide bonds. The number of unbranched alkanes of at least 4 members (excludes halogenated alkanes) is 2. The van der Waals surface area contributed by atoms with E-state index in [1.165, 1.54) is 0 Å². The lowest BCUT2D eigenvalue weighted by Crippen LogP contribution is -2.28. The molecule has 0 spiro atoms. The van der Waals surface area contributed by atoms with Gasteiger partial charge in [0.2, 0.25) is 5.52 Å². The molecule has 2 nitrogen and oxygen atoms in total. The van der Waals surface area contributed by atoms with Crippen LogP contribution in [0.5, 0.6) is 0 Å². The van der Waals surface area contributed by atoms with Crippen molar-refractivity contribution in [1.29, 1.82) is 0 Å². The number of hydrogen-bond acceptors (Lipinski definition) is 2. The highest BCUT2D eigenvalue weighted by molar-refractivity contribution is 7.85. The van der Waals surface area contributed by atoms with Crippen LogP contribution in [0.4, 0.5) is 0 Å². The minimum Gasteiger partial charge on any atom is -0.310 e. The molecule has 0 aromatic rings. The second-order valence-corrected chi connectivity index (χ2v) is 10.8. The summed E-state index contributed by atoms with van der Waals surface area (Å²) in [4.78, 5) is 13.7. The molecule has 4 unspecified atom stereocenters. The summed E-state index contributed by atoms with van der Waals surface area (Å²) in [6.45, 7) is 12.3. The predicted molar refractivity (Wildman–Crippen MR) is 117 cm³/mol. The van der Waals surface area contributed by atoms with E-state index in [4.69, 9.17) is 0 Å². The van der Waals surface area contributed by atoms with Gasteiger partial charge in [0.1, 0.15) is 0 Å². The highest BCUT2D eigenvalue weighted by Crippen LogP contribution is 2.63. The minimum absolute atomic E-state index is 0.0517. The first-order valence-corrected chi connectivity index (χ1v) is 11.8. The van der Waals surface area contributed by atoms with Crippen LogP contribution < -0.4 is 0 Å². The molecule has 0 heterocycles. The monoisotopic (exact) mass is 384 g/mol. The first-order valence-electron chi connectivity index (χ1n) is 10.0. The topological polar surface area (TPSA) is 34.1 Å². The zero-order valence-electron chi connectivity index (χ0n) is 17.2. The van der Waals surface area contributed by atoms with Gasteiger partial charge >= 0.3 is 0 Å². The van der Waals surface area contributed by atoms with Gasteiger partial charge in [0.25, 0.3) is 0 Å². The van der Waals surface area contributed by atoms with Gasteiger partial charge in [-0.3, -0.25) is 4.79 Å². The summed E-state index contributed by atoms with van der Waals surface area (Å²) in [7, 11) is -3.32. The summed E-state index contributed by atoms with van der Waals surface area (Å²) < 4.78 is 14.3. The number of hydrogen-bond donors (Lipinski definition) is 0. The van der Waals surface area contributed by atoms with E-state index in [1.54, 1.807) is 0 Å². The third kappa shape index (κ3) is 4.79. The van der Waals surface area contributed by atoms with E-state index >= 15 is 0 Å². The van der Waals surface area contributed by atoms with Gasteiger partial charge in [-0.25, -0.2) is 0 Å². The Labute approximate surface area is 164 Å². The molecule has 2 aliphatic carbocycles. The summed E-state index contributed by atoms with van der Waals surface area (Å²) in [5.41, 5.74) is 1.75. The molecule has 0 radical (unpaired) electrons. The molecule has 2 rings (SSSR count). The van der Waals surface area contributed by atoms with Gasteiger partial charge in [0, 0.05) is 11.0 Å². The van der Waals surface area contributed by atoms with Crippen molar-refractivity contribution in [3.63, 3.8) is 0 Å². The second-order valence-electron chi connectivity index (χ2n) is 7.78. The Morgan fingerprint density at radius 2 is 2.07 bits per heavy atom. The van der Waals surface area contributed by atoms with E-state index in [-0.39, 0.29) is 23.0 Å². The first-order chi connectivity index (χ1) is 12.8. The van der Waals surface area contributed by atoms with E-state index in [9.17, 15) is 9.36 Å². The molecular formula is C24H33O2P. The lowest BCUT2D eigenvalue weighted by atomic mass is 9.83. The molecule has 0 aliphatic heterocycles. The van der Waals surface area contributed by atoms with Crippen molar-refractivity contribution in [2.45, 2.75) is 59.0 Å². The molecule has 0 saturated heterocycles. The van der Waals surface area contributed by atoms with Crippen LogP contribution in [0.2, 0.25) is 0 Å². The molecular weight excluding hydrogens is 351 g/mol.